The van der Waals surface area contributed by atoms with Gasteiger partial charge < -0.3 is 0 Å². The summed E-state index contributed by atoms with van der Waals surface area (Å²) in [5, 5.41) is 0. The summed E-state index contributed by atoms with van der Waals surface area (Å²) in [5.74, 6) is 0. The lowest BCUT2D eigenvalue weighted by atomic mass is 10.3. The lowest BCUT2D eigenvalue weighted by Crippen LogP contribution is -2.48. The van der Waals surface area contributed by atoms with Crippen LogP contribution < -0.4 is 4.68 Å². The van der Waals surface area contributed by atoms with Crippen LogP contribution in [-0.4, -0.2) is 4.68 Å². The molecule has 2 nitrogen and oxygen atoms in total. The van der Waals surface area contributed by atoms with Crippen LogP contribution in [0.5, 0.6) is 0 Å². The molecular formula is C9H15N2+. The summed E-state index contributed by atoms with van der Waals surface area (Å²) in [5.41, 5.74) is 2.81. The van der Waals surface area contributed by atoms with E-state index in [2.05, 4.69) is 29.3 Å². The van der Waals surface area contributed by atoms with Crippen LogP contribution >= 0.6 is 0 Å². The fraction of sp³-hybridized carbons (Fsp3) is 0.667. The normalized spacial score (nSPS) is 16.5. The van der Waals surface area contributed by atoms with Gasteiger partial charge in [-0.1, -0.05) is 0 Å². The molecule has 0 saturated heterocycles. The molecule has 2 heterocycles. The van der Waals surface area contributed by atoms with Gasteiger partial charge in [0.25, 0.3) is 0 Å². The van der Waals surface area contributed by atoms with E-state index >= 15 is 0 Å². The SMILES string of the molecule is Cc1cc(C)[n+]2n1CCCC2. The highest BCUT2D eigenvalue weighted by Crippen LogP contribution is 2.07. The van der Waals surface area contributed by atoms with Gasteiger partial charge in [0.2, 0.25) is 5.69 Å². The zero-order chi connectivity index (χ0) is 7.84. The molecule has 0 aromatic carbocycles. The second-order valence-electron chi connectivity index (χ2n) is 3.38. The number of nitrogens with zero attached hydrogens (tertiary/aromatic N) is 2. The van der Waals surface area contributed by atoms with E-state index in [4.69, 9.17) is 0 Å². The maximum absolute atomic E-state index is 2.39. The maximum atomic E-state index is 2.39. The van der Waals surface area contributed by atoms with E-state index in [0.29, 0.717) is 0 Å². The van der Waals surface area contributed by atoms with E-state index in [1.165, 1.54) is 37.3 Å². The van der Waals surface area contributed by atoms with Crippen molar-refractivity contribution in [2.45, 2.75) is 39.8 Å². The summed E-state index contributed by atoms with van der Waals surface area (Å²) in [4.78, 5) is 0. The van der Waals surface area contributed by atoms with Crippen molar-refractivity contribution in [3.63, 3.8) is 0 Å². The monoisotopic (exact) mass is 151 g/mol. The molecule has 0 radical (unpaired) electrons. The van der Waals surface area contributed by atoms with Crippen molar-refractivity contribution in [3.8, 4) is 0 Å². The number of aromatic nitrogens is 2. The largest absolute Gasteiger partial charge is 0.205 e. The summed E-state index contributed by atoms with van der Waals surface area (Å²) in [7, 11) is 0. The highest BCUT2D eigenvalue weighted by Gasteiger charge is 2.20. The molecule has 0 unspecified atom stereocenters. The molecular weight excluding hydrogens is 136 g/mol. The van der Waals surface area contributed by atoms with Gasteiger partial charge in [0.05, 0.1) is 12.2 Å². The Hall–Kier alpha value is -0.790. The third kappa shape index (κ3) is 0.971. The molecule has 1 aliphatic heterocycles. The van der Waals surface area contributed by atoms with E-state index in [1.807, 2.05) is 0 Å². The van der Waals surface area contributed by atoms with Crippen LogP contribution in [-0.2, 0) is 13.1 Å². The highest BCUT2D eigenvalue weighted by atomic mass is 15.4. The van der Waals surface area contributed by atoms with Gasteiger partial charge >= 0.3 is 0 Å². The van der Waals surface area contributed by atoms with E-state index in [-0.39, 0.29) is 0 Å². The number of aryl methyl sites for hydroxylation is 2. The van der Waals surface area contributed by atoms with Gasteiger partial charge in [-0.15, -0.1) is 4.68 Å². The van der Waals surface area contributed by atoms with Crippen molar-refractivity contribution in [3.05, 3.63) is 17.5 Å². The molecule has 11 heavy (non-hydrogen) atoms. The molecule has 0 saturated carbocycles. The van der Waals surface area contributed by atoms with E-state index in [0.717, 1.165) is 0 Å². The Morgan fingerprint density at radius 3 is 2.91 bits per heavy atom. The van der Waals surface area contributed by atoms with E-state index in [1.54, 1.807) is 0 Å². The van der Waals surface area contributed by atoms with Gasteiger partial charge in [-0.25, -0.2) is 0 Å². The summed E-state index contributed by atoms with van der Waals surface area (Å²) in [6.07, 6.45) is 2.68. The molecule has 1 aromatic rings. The summed E-state index contributed by atoms with van der Waals surface area (Å²) in [6.45, 7) is 6.79. The molecule has 0 atom stereocenters. The summed E-state index contributed by atoms with van der Waals surface area (Å²) >= 11 is 0. The van der Waals surface area contributed by atoms with Crippen molar-refractivity contribution >= 4 is 0 Å². The van der Waals surface area contributed by atoms with E-state index < -0.39 is 0 Å². The Morgan fingerprint density at radius 2 is 2.18 bits per heavy atom. The maximum Gasteiger partial charge on any atom is 0.205 e. The highest BCUT2D eigenvalue weighted by molar-refractivity contribution is 5.01. The van der Waals surface area contributed by atoms with Gasteiger partial charge in [0.1, 0.15) is 0 Å². The van der Waals surface area contributed by atoms with Crippen LogP contribution in [0.3, 0.4) is 0 Å². The topological polar surface area (TPSA) is 8.81 Å². The standard InChI is InChI=1S/C9H15N2/c1-8-7-9(2)11-6-4-3-5-10(8)11/h7H,3-6H2,1-2H3/q+1. The lowest BCUT2D eigenvalue weighted by Gasteiger charge is -2.10. The van der Waals surface area contributed by atoms with Crippen molar-refractivity contribution in [2.24, 2.45) is 0 Å². The van der Waals surface area contributed by atoms with Gasteiger partial charge in [-0.05, 0) is 13.3 Å². The summed E-state index contributed by atoms with van der Waals surface area (Å²) < 4.78 is 4.78. The van der Waals surface area contributed by atoms with Crippen molar-refractivity contribution in [1.82, 2.24) is 4.68 Å². The molecule has 60 valence electrons. The fourth-order valence-corrected chi connectivity index (χ4v) is 1.95. The molecule has 0 bridgehead atoms. The molecule has 2 heteroatoms. The van der Waals surface area contributed by atoms with Crippen LogP contribution in [0.15, 0.2) is 6.07 Å². The van der Waals surface area contributed by atoms with Gasteiger partial charge in [0, 0.05) is 19.4 Å². The second kappa shape index (κ2) is 2.36. The number of hydrogen-bond acceptors (Lipinski definition) is 0. The predicted octanol–water partition coefficient (Wildman–Crippen LogP) is 1.19. The first-order valence-corrected chi connectivity index (χ1v) is 4.36. The van der Waals surface area contributed by atoms with Crippen LogP contribution in [0.4, 0.5) is 0 Å². The third-order valence-electron chi connectivity index (χ3n) is 2.51. The number of fused-ring (bicyclic) bond motifs is 1. The third-order valence-corrected chi connectivity index (χ3v) is 2.51. The van der Waals surface area contributed by atoms with Crippen LogP contribution in [0.1, 0.15) is 24.2 Å². The minimum Gasteiger partial charge on any atom is -0.158 e. The Kier molecular flexibility index (Phi) is 1.48. The minimum atomic E-state index is 1.21. The average molecular weight is 151 g/mol. The zero-order valence-corrected chi connectivity index (χ0v) is 7.30. The van der Waals surface area contributed by atoms with Gasteiger partial charge in [-0.3, -0.25) is 0 Å². The minimum absolute atomic E-state index is 1.21. The van der Waals surface area contributed by atoms with E-state index in [9.17, 15) is 0 Å². The molecule has 0 spiro atoms. The van der Waals surface area contributed by atoms with Crippen molar-refractivity contribution in [2.75, 3.05) is 0 Å². The Morgan fingerprint density at radius 1 is 1.36 bits per heavy atom. The Labute approximate surface area is 67.4 Å². The molecule has 1 aromatic heterocycles. The van der Waals surface area contributed by atoms with Gasteiger partial charge in [-0.2, -0.15) is 4.68 Å². The summed E-state index contributed by atoms with van der Waals surface area (Å²) in [6, 6.07) is 2.27. The predicted molar refractivity (Wildman–Crippen MR) is 43.3 cm³/mol. The zero-order valence-electron chi connectivity index (χ0n) is 7.30. The Balaban J connectivity index is 2.52. The molecule has 1 aliphatic rings. The first-order valence-electron chi connectivity index (χ1n) is 4.36. The molecule has 0 fully saturated rings. The quantitative estimate of drug-likeness (QED) is 0.492. The first-order chi connectivity index (χ1) is 5.29. The molecule has 0 aliphatic carbocycles. The van der Waals surface area contributed by atoms with Gasteiger partial charge in [0.15, 0.2) is 6.54 Å². The molecule has 0 N–H and O–H groups in total. The van der Waals surface area contributed by atoms with Crippen LogP contribution in [0, 0.1) is 13.8 Å². The second-order valence-corrected chi connectivity index (χ2v) is 3.38. The lowest BCUT2D eigenvalue weighted by molar-refractivity contribution is -0.787. The van der Waals surface area contributed by atoms with Crippen LogP contribution in [0.2, 0.25) is 0 Å². The van der Waals surface area contributed by atoms with Crippen molar-refractivity contribution < 1.29 is 4.68 Å². The van der Waals surface area contributed by atoms with Crippen molar-refractivity contribution in [1.29, 1.82) is 0 Å². The first kappa shape index (κ1) is 6.89. The fourth-order valence-electron chi connectivity index (χ4n) is 1.95. The van der Waals surface area contributed by atoms with Crippen LogP contribution in [0.25, 0.3) is 0 Å². The smallest absolute Gasteiger partial charge is 0.158 e. The number of hydrogen-bond donors (Lipinski definition) is 0. The average Bonchev–Trinajstić information content (AvgIpc) is 2.30. The molecule has 0 amide bonds. The number of rotatable bonds is 0. The molecule has 2 rings (SSSR count). The Bertz CT molecular complexity index is 247.